The van der Waals surface area contributed by atoms with Crippen molar-refractivity contribution >= 4 is 5.97 Å². The van der Waals surface area contributed by atoms with Crippen LogP contribution in [-0.4, -0.2) is 33.3 Å². The van der Waals surface area contributed by atoms with Gasteiger partial charge in [0.1, 0.15) is 6.61 Å². The largest absolute Gasteiger partial charge is 0.458 e. The summed E-state index contributed by atoms with van der Waals surface area (Å²) in [5.74, 6) is -1.06. The number of aliphatic hydroxyl groups excluding tert-OH is 1. The van der Waals surface area contributed by atoms with E-state index in [4.69, 9.17) is 14.2 Å². The van der Waals surface area contributed by atoms with Crippen molar-refractivity contribution in [1.29, 1.82) is 0 Å². The van der Waals surface area contributed by atoms with Gasteiger partial charge in [0.15, 0.2) is 0 Å². The van der Waals surface area contributed by atoms with Gasteiger partial charge in [0.2, 0.25) is 12.0 Å². The fourth-order valence-corrected chi connectivity index (χ4v) is 4.26. The summed E-state index contributed by atoms with van der Waals surface area (Å²) in [5, 5.41) is 9.24. The van der Waals surface area contributed by atoms with Gasteiger partial charge in [-0.25, -0.2) is 9.48 Å². The molecule has 0 spiro atoms. The monoisotopic (exact) mass is 490 g/mol. The molecule has 8 nitrogen and oxygen atoms in total. The maximum atomic E-state index is 13.6. The molecule has 1 aliphatic heterocycles. The van der Waals surface area contributed by atoms with Crippen molar-refractivity contribution in [3.05, 3.63) is 112 Å². The van der Waals surface area contributed by atoms with Crippen LogP contribution in [0.2, 0.25) is 0 Å². The molecule has 0 amide bonds. The number of carbonyl (C=O) groups is 1. The van der Waals surface area contributed by atoms with Gasteiger partial charge in [0.25, 0.3) is 5.56 Å². The van der Waals surface area contributed by atoms with E-state index in [0.29, 0.717) is 12.0 Å². The van der Waals surface area contributed by atoms with Crippen LogP contribution in [0.3, 0.4) is 0 Å². The van der Waals surface area contributed by atoms with Crippen molar-refractivity contribution in [3.8, 4) is 5.69 Å². The molecule has 2 heterocycles. The fourth-order valence-electron chi connectivity index (χ4n) is 4.26. The van der Waals surface area contributed by atoms with Gasteiger partial charge < -0.3 is 19.3 Å². The Morgan fingerprint density at radius 3 is 2.53 bits per heavy atom. The summed E-state index contributed by atoms with van der Waals surface area (Å²) < 4.78 is 20.5. The number of aliphatic hydroxyl groups is 1. The van der Waals surface area contributed by atoms with Crippen molar-refractivity contribution in [3.63, 3.8) is 0 Å². The normalized spacial score (nSPS) is 17.2. The van der Waals surface area contributed by atoms with Gasteiger partial charge in [-0.1, -0.05) is 55.1 Å². The third-order valence-corrected chi connectivity index (χ3v) is 6.20. The lowest BCUT2D eigenvalue weighted by molar-refractivity contribution is -0.163. The highest BCUT2D eigenvalue weighted by atomic mass is 16.7. The fraction of sp³-hybridized carbons (Fsp3) is 0.286. The first-order valence-corrected chi connectivity index (χ1v) is 11.7. The van der Waals surface area contributed by atoms with E-state index in [-0.39, 0.29) is 31.1 Å². The number of allylic oxidation sites excluding steroid dienone is 1. The van der Waals surface area contributed by atoms with Crippen LogP contribution in [0.1, 0.15) is 34.7 Å². The van der Waals surface area contributed by atoms with Crippen LogP contribution in [0.25, 0.3) is 5.69 Å². The Kier molecular flexibility index (Phi) is 7.87. The Morgan fingerprint density at radius 1 is 1.17 bits per heavy atom. The second-order valence-electron chi connectivity index (χ2n) is 8.57. The Labute approximate surface area is 209 Å². The molecule has 188 valence electrons. The molecule has 1 N–H and O–H groups in total. The summed E-state index contributed by atoms with van der Waals surface area (Å²) in [7, 11) is 1.83. The molecule has 0 unspecified atom stereocenters. The molecule has 4 rings (SSSR count). The van der Waals surface area contributed by atoms with Gasteiger partial charge >= 0.3 is 5.97 Å². The average Bonchev–Trinajstić information content (AvgIpc) is 3.13. The molecule has 0 bridgehead atoms. The number of carbonyl (C=O) groups excluding carboxylic acids is 1. The van der Waals surface area contributed by atoms with E-state index in [0.717, 1.165) is 22.5 Å². The molecule has 8 heteroatoms. The molecule has 2 aromatic carbocycles. The topological polar surface area (TPSA) is 91.9 Å². The number of hydrogen-bond acceptors (Lipinski definition) is 6. The molecule has 3 aromatic rings. The van der Waals surface area contributed by atoms with E-state index in [1.165, 1.54) is 6.08 Å². The summed E-state index contributed by atoms with van der Waals surface area (Å²) >= 11 is 0. The van der Waals surface area contributed by atoms with Gasteiger partial charge in [-0.15, -0.1) is 0 Å². The van der Waals surface area contributed by atoms with E-state index < -0.39 is 18.2 Å². The minimum Gasteiger partial charge on any atom is -0.458 e. The predicted molar refractivity (Wildman–Crippen MR) is 134 cm³/mol. The maximum absolute atomic E-state index is 13.6. The summed E-state index contributed by atoms with van der Waals surface area (Å²) in [6.07, 6.45) is 2.69. The third-order valence-electron chi connectivity index (χ3n) is 6.20. The molecule has 1 aromatic heterocycles. The molecule has 0 fully saturated rings. The number of aromatic nitrogens is 2. The Morgan fingerprint density at radius 2 is 1.86 bits per heavy atom. The Bertz CT molecular complexity index is 1300. The first-order valence-electron chi connectivity index (χ1n) is 11.7. The van der Waals surface area contributed by atoms with E-state index in [1.807, 2.05) is 73.3 Å². The number of para-hydroxylation sites is 1. The highest BCUT2D eigenvalue weighted by molar-refractivity contribution is 5.86. The zero-order valence-electron chi connectivity index (χ0n) is 20.4. The molecule has 0 radical (unpaired) electrons. The summed E-state index contributed by atoms with van der Waals surface area (Å²) in [4.78, 5) is 26.2. The van der Waals surface area contributed by atoms with E-state index in [2.05, 4.69) is 6.58 Å². The Hall–Kier alpha value is -3.88. The lowest BCUT2D eigenvalue weighted by atomic mass is 9.93. The van der Waals surface area contributed by atoms with Crippen LogP contribution in [0.15, 0.2) is 83.9 Å². The van der Waals surface area contributed by atoms with Crippen LogP contribution in [-0.2, 0) is 39.3 Å². The van der Waals surface area contributed by atoms with Crippen molar-refractivity contribution < 1.29 is 24.1 Å². The van der Waals surface area contributed by atoms with Crippen molar-refractivity contribution in [2.75, 3.05) is 6.61 Å². The van der Waals surface area contributed by atoms with Crippen molar-refractivity contribution in [2.45, 2.75) is 38.8 Å². The number of benzene rings is 2. The van der Waals surface area contributed by atoms with Crippen LogP contribution in [0, 0.1) is 6.92 Å². The summed E-state index contributed by atoms with van der Waals surface area (Å²) in [5.41, 5.74) is 3.63. The number of hydrogen-bond donors (Lipinski definition) is 1. The van der Waals surface area contributed by atoms with Crippen molar-refractivity contribution in [1.82, 2.24) is 9.36 Å². The Balaban J connectivity index is 1.64. The van der Waals surface area contributed by atoms with Gasteiger partial charge in [-0.05, 0) is 36.3 Å². The standard InChI is InChI=1S/C28H30N2O6/c1-4-14-34-28(33)24-15-22(16-25(36-24)35-18-21-12-10-20(17-31)11-13-21)26-19(2)29(3)30(27(26)32)23-8-6-5-7-9-23/h4-13,15,22,25,31H,1,14,16-18H2,2-3H3/t22-,25+/m1/s1. The highest BCUT2D eigenvalue weighted by Gasteiger charge is 2.33. The first-order chi connectivity index (χ1) is 17.4. The number of esters is 1. The molecule has 0 saturated heterocycles. The van der Waals surface area contributed by atoms with Gasteiger partial charge in [0.05, 0.1) is 18.9 Å². The smallest absolute Gasteiger partial charge is 0.373 e. The summed E-state index contributed by atoms with van der Waals surface area (Å²) in [6.45, 7) is 5.69. The maximum Gasteiger partial charge on any atom is 0.373 e. The number of rotatable bonds is 9. The second-order valence-corrected chi connectivity index (χ2v) is 8.57. The van der Waals surface area contributed by atoms with E-state index in [1.54, 1.807) is 10.8 Å². The number of ether oxygens (including phenoxy) is 3. The quantitative estimate of drug-likeness (QED) is 0.364. The van der Waals surface area contributed by atoms with Gasteiger partial charge in [0, 0.05) is 30.6 Å². The highest BCUT2D eigenvalue weighted by Crippen LogP contribution is 2.33. The van der Waals surface area contributed by atoms with Gasteiger partial charge in [-0.2, -0.15) is 0 Å². The molecular formula is C28H30N2O6. The number of nitrogens with zero attached hydrogens (tertiary/aromatic N) is 2. The SMILES string of the molecule is C=CCOC(=O)C1=C[C@@H](c2c(C)n(C)n(-c3ccccc3)c2=O)C[C@@H](OCc2ccc(CO)cc2)O1. The van der Waals surface area contributed by atoms with E-state index in [9.17, 15) is 14.7 Å². The molecule has 1 aliphatic rings. The van der Waals surface area contributed by atoms with Crippen LogP contribution < -0.4 is 5.56 Å². The summed E-state index contributed by atoms with van der Waals surface area (Å²) in [6, 6.07) is 16.8. The predicted octanol–water partition coefficient (Wildman–Crippen LogP) is 3.64. The second kappa shape index (κ2) is 11.2. The van der Waals surface area contributed by atoms with Crippen LogP contribution in [0.4, 0.5) is 0 Å². The van der Waals surface area contributed by atoms with E-state index >= 15 is 0 Å². The minimum absolute atomic E-state index is 0.00245. The zero-order valence-corrected chi connectivity index (χ0v) is 20.4. The molecule has 2 atom stereocenters. The van der Waals surface area contributed by atoms with Crippen molar-refractivity contribution in [2.24, 2.45) is 7.05 Å². The molecule has 0 saturated carbocycles. The van der Waals surface area contributed by atoms with Crippen LogP contribution >= 0.6 is 0 Å². The lowest BCUT2D eigenvalue weighted by Crippen LogP contribution is -2.30. The first kappa shape index (κ1) is 25.2. The van der Waals surface area contributed by atoms with Gasteiger partial charge in [-0.3, -0.25) is 9.48 Å². The minimum atomic E-state index is -0.770. The lowest BCUT2D eigenvalue weighted by Gasteiger charge is -2.28. The zero-order chi connectivity index (χ0) is 25.7. The molecule has 36 heavy (non-hydrogen) atoms. The molecular weight excluding hydrogens is 460 g/mol. The average molecular weight is 491 g/mol. The van der Waals surface area contributed by atoms with Crippen LogP contribution in [0.5, 0.6) is 0 Å². The molecule has 0 aliphatic carbocycles. The third kappa shape index (κ3) is 5.35.